The van der Waals surface area contributed by atoms with Crippen LogP contribution in [0.2, 0.25) is 0 Å². The Balaban J connectivity index is 1.33. The molecule has 0 saturated carbocycles. The Labute approximate surface area is 247 Å². The summed E-state index contributed by atoms with van der Waals surface area (Å²) in [5, 5.41) is 18.6. The fourth-order valence-electron chi connectivity index (χ4n) is 6.85. The largest absolute Gasteiger partial charge is 0.508 e. The molecule has 3 aliphatic rings. The number of hydrogen-bond donors (Lipinski definition) is 2. The molecule has 0 unspecified atom stereocenters. The Morgan fingerprint density at radius 1 is 1.05 bits per heavy atom. The Morgan fingerprint density at radius 3 is 2.52 bits per heavy atom. The van der Waals surface area contributed by atoms with Gasteiger partial charge in [0.25, 0.3) is 0 Å². The van der Waals surface area contributed by atoms with Crippen LogP contribution in [0, 0.1) is 23.7 Å². The molecule has 2 N–H and O–H groups in total. The van der Waals surface area contributed by atoms with Gasteiger partial charge in [-0.2, -0.15) is 0 Å². The number of imide groups is 1. The summed E-state index contributed by atoms with van der Waals surface area (Å²) in [4.78, 5) is 43.9. The molecule has 2 aliphatic heterocycles. The lowest BCUT2D eigenvalue weighted by atomic mass is 9.67. The van der Waals surface area contributed by atoms with Gasteiger partial charge >= 0.3 is 5.97 Å². The third-order valence-corrected chi connectivity index (χ3v) is 8.91. The first-order valence-corrected chi connectivity index (χ1v) is 15.1. The summed E-state index contributed by atoms with van der Waals surface area (Å²) >= 11 is 0. The Morgan fingerprint density at radius 2 is 1.83 bits per heavy atom. The first-order chi connectivity index (χ1) is 20.2. The molecular weight excluding hydrogens is 532 g/mol. The fraction of sp³-hybridized carbons (Fsp3) is 0.471. The van der Waals surface area contributed by atoms with Crippen molar-refractivity contribution in [1.82, 2.24) is 9.88 Å². The molecule has 4 atom stereocenters. The SMILES string of the molecule is CC(C)C1=C2[C@@H](CC/C(=C/c3ccc(O)cc3)c3ccccn3)OC[C@@H]2[C@@H]2C(=O)N(CCCCCC(=O)O)C(=O)[C@@H]2C1. The van der Waals surface area contributed by atoms with Crippen LogP contribution in [0.1, 0.15) is 70.1 Å². The maximum atomic E-state index is 13.6. The van der Waals surface area contributed by atoms with Crippen LogP contribution in [0.15, 0.2) is 59.8 Å². The highest BCUT2D eigenvalue weighted by molar-refractivity contribution is 6.06. The molecule has 42 heavy (non-hydrogen) atoms. The van der Waals surface area contributed by atoms with E-state index >= 15 is 0 Å². The average Bonchev–Trinajstić information content (AvgIpc) is 3.50. The summed E-state index contributed by atoms with van der Waals surface area (Å²) in [6.07, 6.45) is 7.72. The number of carbonyl (C=O) groups excluding carboxylic acids is 2. The monoisotopic (exact) mass is 572 g/mol. The van der Waals surface area contributed by atoms with E-state index in [0.717, 1.165) is 23.3 Å². The number of carboxylic acid groups (broad SMARTS) is 1. The standard InChI is InChI=1S/C34H40N2O6/c1-21(2)25-19-26-32(34(41)36(33(26)40)17-7-3-4-9-30(38)39)27-20-42-29(31(25)27)15-12-23(28-8-5-6-16-35-28)18-22-10-13-24(37)14-11-22/h5-6,8,10-11,13-14,16,18,21,26-27,29,32,37H,3-4,7,9,12,15,17,19-20H2,1-2H3,(H,38,39)/b23-18-/t26-,27+,29-,32-/m1/s1. The number of rotatable bonds is 12. The van der Waals surface area contributed by atoms with Crippen LogP contribution in [-0.4, -0.2) is 57.1 Å². The van der Waals surface area contributed by atoms with Gasteiger partial charge < -0.3 is 14.9 Å². The van der Waals surface area contributed by atoms with Crippen LogP contribution in [0.4, 0.5) is 0 Å². The highest BCUT2D eigenvalue weighted by Crippen LogP contribution is 2.51. The lowest BCUT2D eigenvalue weighted by Crippen LogP contribution is -2.35. The van der Waals surface area contributed by atoms with Crippen LogP contribution >= 0.6 is 0 Å². The molecule has 0 spiro atoms. The molecule has 2 saturated heterocycles. The molecule has 0 radical (unpaired) electrons. The van der Waals surface area contributed by atoms with Gasteiger partial charge in [-0.3, -0.25) is 24.3 Å². The summed E-state index contributed by atoms with van der Waals surface area (Å²) < 4.78 is 6.42. The number of phenols is 1. The lowest BCUT2D eigenvalue weighted by Gasteiger charge is -2.33. The van der Waals surface area contributed by atoms with E-state index in [-0.39, 0.29) is 53.8 Å². The summed E-state index contributed by atoms with van der Waals surface area (Å²) in [5.41, 5.74) is 5.38. The van der Waals surface area contributed by atoms with Crippen molar-refractivity contribution in [2.75, 3.05) is 13.2 Å². The molecule has 2 amide bonds. The number of carbonyl (C=O) groups is 3. The zero-order chi connectivity index (χ0) is 29.8. The normalized spacial score (nSPS) is 24.0. The van der Waals surface area contributed by atoms with Gasteiger partial charge in [-0.1, -0.05) is 44.0 Å². The van der Waals surface area contributed by atoms with Crippen LogP contribution in [0.5, 0.6) is 5.75 Å². The smallest absolute Gasteiger partial charge is 0.303 e. The van der Waals surface area contributed by atoms with E-state index in [9.17, 15) is 19.5 Å². The van der Waals surface area contributed by atoms with Gasteiger partial charge in [0.1, 0.15) is 5.75 Å². The van der Waals surface area contributed by atoms with Gasteiger partial charge in [-0.15, -0.1) is 0 Å². The Bertz CT molecular complexity index is 1360. The van der Waals surface area contributed by atoms with E-state index in [0.29, 0.717) is 45.3 Å². The Hall–Kier alpha value is -3.78. The maximum Gasteiger partial charge on any atom is 0.303 e. The number of carboxylic acids is 1. The van der Waals surface area contributed by atoms with E-state index in [4.69, 9.17) is 9.84 Å². The number of fused-ring (bicyclic) bond motifs is 3. The van der Waals surface area contributed by atoms with Crippen molar-refractivity contribution < 1.29 is 29.3 Å². The van der Waals surface area contributed by atoms with Crippen LogP contribution in [0.25, 0.3) is 11.6 Å². The van der Waals surface area contributed by atoms with E-state index in [1.807, 2.05) is 30.3 Å². The number of allylic oxidation sites excluding steroid dienone is 2. The van der Waals surface area contributed by atoms with Gasteiger partial charge in [0, 0.05) is 25.1 Å². The zero-order valence-corrected chi connectivity index (χ0v) is 24.4. The van der Waals surface area contributed by atoms with E-state index in [2.05, 4.69) is 24.9 Å². The molecule has 5 rings (SSSR count). The number of ether oxygens (including phenoxy) is 1. The van der Waals surface area contributed by atoms with Crippen molar-refractivity contribution >= 4 is 29.4 Å². The number of pyridine rings is 1. The summed E-state index contributed by atoms with van der Waals surface area (Å²) in [7, 11) is 0. The minimum Gasteiger partial charge on any atom is -0.508 e. The van der Waals surface area contributed by atoms with Crippen molar-refractivity contribution in [2.24, 2.45) is 23.7 Å². The second kappa shape index (κ2) is 13.0. The first kappa shape index (κ1) is 29.7. The second-order valence-electron chi connectivity index (χ2n) is 11.9. The quantitative estimate of drug-likeness (QED) is 0.190. The fourth-order valence-corrected chi connectivity index (χ4v) is 6.85. The summed E-state index contributed by atoms with van der Waals surface area (Å²) in [6.45, 7) is 5.09. The molecule has 1 aromatic heterocycles. The van der Waals surface area contributed by atoms with Crippen LogP contribution in [-0.2, 0) is 19.1 Å². The predicted octanol–water partition coefficient (Wildman–Crippen LogP) is 5.73. The number of unbranched alkanes of at least 4 members (excludes halogenated alkanes) is 2. The molecule has 2 aromatic rings. The Kier molecular flexibility index (Phi) is 9.21. The number of aliphatic carboxylic acids is 1. The number of nitrogens with zero attached hydrogens (tertiary/aromatic N) is 2. The van der Waals surface area contributed by atoms with Gasteiger partial charge in [-0.25, -0.2) is 0 Å². The average molecular weight is 573 g/mol. The first-order valence-electron chi connectivity index (χ1n) is 15.1. The third kappa shape index (κ3) is 6.33. The third-order valence-electron chi connectivity index (χ3n) is 8.91. The van der Waals surface area contributed by atoms with E-state index in [1.165, 1.54) is 16.0 Å². The van der Waals surface area contributed by atoms with Gasteiger partial charge in [0.15, 0.2) is 0 Å². The summed E-state index contributed by atoms with van der Waals surface area (Å²) in [6, 6.07) is 12.9. The highest BCUT2D eigenvalue weighted by atomic mass is 16.5. The van der Waals surface area contributed by atoms with Crippen LogP contribution in [0.3, 0.4) is 0 Å². The number of aromatic hydroxyl groups is 1. The zero-order valence-electron chi connectivity index (χ0n) is 24.4. The number of benzene rings is 1. The van der Waals surface area contributed by atoms with Gasteiger partial charge in [0.2, 0.25) is 11.8 Å². The lowest BCUT2D eigenvalue weighted by molar-refractivity contribution is -0.141. The molecule has 8 nitrogen and oxygen atoms in total. The van der Waals surface area contributed by atoms with Gasteiger partial charge in [0.05, 0.1) is 30.2 Å². The van der Waals surface area contributed by atoms with E-state index < -0.39 is 5.97 Å². The van der Waals surface area contributed by atoms with Crippen molar-refractivity contribution in [3.05, 3.63) is 71.1 Å². The number of likely N-dealkylation sites (tertiary alicyclic amines) is 1. The van der Waals surface area contributed by atoms with Crippen molar-refractivity contribution in [3.8, 4) is 5.75 Å². The molecule has 3 heterocycles. The molecule has 222 valence electrons. The maximum absolute atomic E-state index is 13.6. The van der Waals surface area contributed by atoms with E-state index in [1.54, 1.807) is 18.3 Å². The minimum absolute atomic E-state index is 0.0850. The highest BCUT2D eigenvalue weighted by Gasteiger charge is 2.56. The van der Waals surface area contributed by atoms with Crippen molar-refractivity contribution in [1.29, 1.82) is 0 Å². The minimum atomic E-state index is -0.826. The number of hydrogen-bond acceptors (Lipinski definition) is 6. The molecule has 8 heteroatoms. The number of aromatic nitrogens is 1. The topological polar surface area (TPSA) is 117 Å². The summed E-state index contributed by atoms with van der Waals surface area (Å²) in [5.74, 6) is -1.38. The molecular formula is C34H40N2O6. The van der Waals surface area contributed by atoms with Gasteiger partial charge in [-0.05, 0) is 85.1 Å². The second-order valence-corrected chi connectivity index (χ2v) is 11.9. The number of phenolic OH excluding ortho intramolecular Hbond substituents is 1. The van der Waals surface area contributed by atoms with Crippen LogP contribution < -0.4 is 0 Å². The molecule has 2 fully saturated rings. The predicted molar refractivity (Wildman–Crippen MR) is 159 cm³/mol. The number of amides is 2. The van der Waals surface area contributed by atoms with Crippen molar-refractivity contribution in [2.45, 2.75) is 64.9 Å². The molecule has 0 bridgehead atoms. The molecule has 1 aliphatic carbocycles. The van der Waals surface area contributed by atoms with Crippen molar-refractivity contribution in [3.63, 3.8) is 0 Å². The molecule has 1 aromatic carbocycles.